The van der Waals surface area contributed by atoms with E-state index in [0.717, 1.165) is 42.9 Å². The lowest BCUT2D eigenvalue weighted by Gasteiger charge is -2.34. The number of hydrogen-bond acceptors (Lipinski definition) is 3. The number of carbonyl (C=O) groups is 3. The highest BCUT2D eigenvalue weighted by molar-refractivity contribution is 6.01. The minimum atomic E-state index is -1.56. The van der Waals surface area contributed by atoms with Crippen LogP contribution in [0.5, 0.6) is 0 Å². The zero-order valence-electron chi connectivity index (χ0n) is 20.2. The second-order valence-corrected chi connectivity index (χ2v) is 8.98. The molecule has 9 heteroatoms. The van der Waals surface area contributed by atoms with Crippen molar-refractivity contribution in [1.29, 1.82) is 0 Å². The highest BCUT2D eigenvalue weighted by Crippen LogP contribution is 2.30. The molecule has 192 valence electrons. The number of amides is 2. The summed E-state index contributed by atoms with van der Waals surface area (Å²) in [4.78, 5) is 38.1. The minimum Gasteiger partial charge on any atom is -0.341 e. The summed E-state index contributed by atoms with van der Waals surface area (Å²) in [6.07, 6.45) is 6.37. The predicted molar refractivity (Wildman–Crippen MR) is 134 cm³/mol. The maximum atomic E-state index is 13.3. The van der Waals surface area contributed by atoms with Crippen molar-refractivity contribution < 1.29 is 27.6 Å². The van der Waals surface area contributed by atoms with Gasteiger partial charge in [-0.1, -0.05) is 12.1 Å². The minimum absolute atomic E-state index is 0.0185. The number of aromatic nitrogens is 1. The van der Waals surface area contributed by atoms with E-state index in [-0.39, 0.29) is 17.4 Å². The zero-order valence-corrected chi connectivity index (χ0v) is 20.2. The van der Waals surface area contributed by atoms with Crippen LogP contribution in [-0.4, -0.2) is 40.7 Å². The van der Waals surface area contributed by atoms with Crippen LogP contribution in [0.25, 0.3) is 6.08 Å². The van der Waals surface area contributed by atoms with Crippen LogP contribution < -0.4 is 5.32 Å². The highest BCUT2D eigenvalue weighted by Gasteiger charge is 2.28. The van der Waals surface area contributed by atoms with Crippen LogP contribution in [0.1, 0.15) is 53.3 Å². The maximum Gasteiger partial charge on any atom is 0.248 e. The lowest BCUT2D eigenvalue weighted by atomic mass is 9.89. The predicted octanol–water partition coefficient (Wildman–Crippen LogP) is 5.34. The van der Waals surface area contributed by atoms with Crippen molar-refractivity contribution in [3.05, 3.63) is 95.1 Å². The monoisotopic (exact) mass is 509 g/mol. The number of hydrogen-bond donors (Lipinski definition) is 1. The number of carbonyl (C=O) groups excluding carboxylic acids is 3. The molecule has 1 aliphatic heterocycles. The number of rotatable bonds is 7. The Kier molecular flexibility index (Phi) is 7.91. The first-order chi connectivity index (χ1) is 17.8. The van der Waals surface area contributed by atoms with Crippen molar-refractivity contribution in [3.8, 4) is 0 Å². The molecule has 0 spiro atoms. The molecule has 0 aliphatic carbocycles. The van der Waals surface area contributed by atoms with Gasteiger partial charge in [-0.2, -0.15) is 0 Å². The van der Waals surface area contributed by atoms with Crippen LogP contribution in [0.3, 0.4) is 0 Å². The second kappa shape index (κ2) is 11.3. The van der Waals surface area contributed by atoms with Gasteiger partial charge in [0.25, 0.3) is 0 Å². The van der Waals surface area contributed by atoms with Crippen molar-refractivity contribution in [2.24, 2.45) is 0 Å². The maximum absolute atomic E-state index is 13.3. The Hall–Kier alpha value is -4.14. The number of benzene rings is 2. The van der Waals surface area contributed by atoms with Gasteiger partial charge in [0.15, 0.2) is 23.7 Å². The third kappa shape index (κ3) is 5.99. The van der Waals surface area contributed by atoms with Crippen molar-refractivity contribution in [1.82, 2.24) is 9.47 Å². The molecule has 1 unspecified atom stereocenters. The Morgan fingerprint density at radius 3 is 2.30 bits per heavy atom. The van der Waals surface area contributed by atoms with Crippen LogP contribution >= 0.6 is 0 Å². The van der Waals surface area contributed by atoms with Gasteiger partial charge in [0.1, 0.15) is 6.04 Å². The van der Waals surface area contributed by atoms with Crippen molar-refractivity contribution in [3.63, 3.8) is 0 Å². The molecule has 1 saturated heterocycles. The summed E-state index contributed by atoms with van der Waals surface area (Å²) >= 11 is 0. The van der Waals surface area contributed by atoms with Gasteiger partial charge in [0.05, 0.1) is 5.69 Å². The highest BCUT2D eigenvalue weighted by atomic mass is 19.2. The molecule has 2 amide bonds. The van der Waals surface area contributed by atoms with Gasteiger partial charge in [0.2, 0.25) is 11.8 Å². The van der Waals surface area contributed by atoms with Crippen molar-refractivity contribution >= 4 is 29.9 Å². The Morgan fingerprint density at radius 1 is 1.03 bits per heavy atom. The van der Waals surface area contributed by atoms with E-state index in [1.54, 1.807) is 42.0 Å². The van der Waals surface area contributed by atoms with E-state index in [0.29, 0.717) is 24.5 Å². The summed E-state index contributed by atoms with van der Waals surface area (Å²) in [6, 6.07) is 12.0. The van der Waals surface area contributed by atoms with Crippen molar-refractivity contribution in [2.45, 2.75) is 31.7 Å². The largest absolute Gasteiger partial charge is 0.341 e. The van der Waals surface area contributed by atoms with E-state index in [1.165, 1.54) is 6.08 Å². The average Bonchev–Trinajstić information content (AvgIpc) is 3.39. The van der Waals surface area contributed by atoms with E-state index in [1.807, 2.05) is 17.0 Å². The molecule has 0 radical (unpaired) electrons. The first kappa shape index (κ1) is 25.9. The molecule has 1 N–H and O–H groups in total. The molecule has 2 heterocycles. The van der Waals surface area contributed by atoms with Crippen molar-refractivity contribution in [2.75, 3.05) is 18.4 Å². The summed E-state index contributed by atoms with van der Waals surface area (Å²) < 4.78 is 41.3. The molecule has 4 rings (SSSR count). The van der Waals surface area contributed by atoms with Crippen LogP contribution in [0.2, 0.25) is 0 Å². The molecular formula is C28H26F3N3O3. The second-order valence-electron chi connectivity index (χ2n) is 8.98. The van der Waals surface area contributed by atoms with E-state index >= 15 is 0 Å². The summed E-state index contributed by atoms with van der Waals surface area (Å²) in [5, 5.41) is 2.67. The van der Waals surface area contributed by atoms with Gasteiger partial charge >= 0.3 is 0 Å². The SMILES string of the molecule is CC(C(=O)N1CCC(c2ccc(NC(=O)/C=C/c3cc(F)c(F)c(F)c3)cc2)CC1)n1cccc1C=O. The number of nitrogens with one attached hydrogen (secondary N) is 1. The third-order valence-corrected chi connectivity index (χ3v) is 6.60. The summed E-state index contributed by atoms with van der Waals surface area (Å²) in [5.74, 6) is -4.46. The Bertz CT molecular complexity index is 1300. The molecule has 3 aromatic rings. The Morgan fingerprint density at radius 2 is 1.68 bits per heavy atom. The first-order valence-corrected chi connectivity index (χ1v) is 11.9. The Balaban J connectivity index is 1.30. The summed E-state index contributed by atoms with van der Waals surface area (Å²) in [7, 11) is 0. The lowest BCUT2D eigenvalue weighted by Crippen LogP contribution is -2.41. The first-order valence-electron chi connectivity index (χ1n) is 11.9. The quantitative estimate of drug-likeness (QED) is 0.266. The van der Waals surface area contributed by atoms with E-state index in [4.69, 9.17) is 0 Å². The van der Waals surface area contributed by atoms with Gasteiger partial charge in [-0.25, -0.2) is 13.2 Å². The number of halogens is 3. The molecule has 1 aromatic heterocycles. The standard InChI is InChI=1S/C28H26F3N3O3/c1-18(34-12-2-3-23(34)17-35)28(37)33-13-10-21(11-14-33)20-5-7-22(8-6-20)32-26(36)9-4-19-15-24(29)27(31)25(30)16-19/h2-9,12,15-18,21H,10-11,13-14H2,1H3,(H,32,36)/b9-4+. The molecule has 2 aromatic carbocycles. The van der Waals surface area contributed by atoms with Crippen LogP contribution in [0, 0.1) is 17.5 Å². The average molecular weight is 510 g/mol. The van der Waals surface area contributed by atoms with E-state index in [9.17, 15) is 27.6 Å². The topological polar surface area (TPSA) is 71.4 Å². The summed E-state index contributed by atoms with van der Waals surface area (Å²) in [5.41, 5.74) is 2.14. The van der Waals surface area contributed by atoms with E-state index in [2.05, 4.69) is 5.32 Å². The smallest absolute Gasteiger partial charge is 0.248 e. The number of likely N-dealkylation sites (tertiary alicyclic amines) is 1. The number of aldehydes is 1. The number of nitrogens with zero attached hydrogens (tertiary/aromatic N) is 2. The number of anilines is 1. The van der Waals surface area contributed by atoms with Gasteiger partial charge in [-0.15, -0.1) is 0 Å². The normalized spacial score (nSPS) is 15.1. The fourth-order valence-electron chi connectivity index (χ4n) is 4.54. The van der Waals surface area contributed by atoms with Gasteiger partial charge in [-0.05, 0) is 79.3 Å². The summed E-state index contributed by atoms with van der Waals surface area (Å²) in [6.45, 7) is 3.01. The molecule has 1 fully saturated rings. The van der Waals surface area contributed by atoms with Crippen LogP contribution in [0.4, 0.5) is 18.9 Å². The van der Waals surface area contributed by atoms with Crippen LogP contribution in [0.15, 0.2) is 60.8 Å². The molecule has 0 bridgehead atoms. The molecule has 6 nitrogen and oxygen atoms in total. The van der Waals surface area contributed by atoms with Gasteiger partial charge < -0.3 is 14.8 Å². The van der Waals surface area contributed by atoms with E-state index < -0.39 is 29.4 Å². The molecule has 1 atom stereocenters. The van der Waals surface area contributed by atoms with Gasteiger partial charge in [0, 0.05) is 31.0 Å². The fourth-order valence-corrected chi connectivity index (χ4v) is 4.54. The Labute approximate surface area is 212 Å². The lowest BCUT2D eigenvalue weighted by molar-refractivity contribution is -0.135. The molecular weight excluding hydrogens is 483 g/mol. The van der Waals surface area contributed by atoms with Crippen LogP contribution in [-0.2, 0) is 9.59 Å². The zero-order chi connectivity index (χ0) is 26.5. The molecule has 1 aliphatic rings. The number of piperidine rings is 1. The fraction of sp³-hybridized carbons (Fsp3) is 0.250. The molecule has 0 saturated carbocycles. The third-order valence-electron chi connectivity index (χ3n) is 6.60. The van der Waals surface area contributed by atoms with Gasteiger partial charge in [-0.3, -0.25) is 14.4 Å². The molecule has 37 heavy (non-hydrogen) atoms.